The Labute approximate surface area is 192 Å². The number of nitriles is 1. The molecule has 32 heavy (non-hydrogen) atoms. The van der Waals surface area contributed by atoms with E-state index in [1.807, 2.05) is 48.5 Å². The summed E-state index contributed by atoms with van der Waals surface area (Å²) in [7, 11) is 1.71. The molecule has 0 fully saturated rings. The van der Waals surface area contributed by atoms with E-state index in [1.54, 1.807) is 36.2 Å². The van der Waals surface area contributed by atoms with Crippen LogP contribution in [0.4, 0.5) is 10.5 Å². The van der Waals surface area contributed by atoms with Crippen molar-refractivity contribution in [1.82, 2.24) is 4.90 Å². The van der Waals surface area contributed by atoms with E-state index in [0.29, 0.717) is 42.6 Å². The van der Waals surface area contributed by atoms with Gasteiger partial charge in [-0.05, 0) is 59.7 Å². The number of benzene rings is 3. The third-order valence-corrected chi connectivity index (χ3v) is 4.90. The van der Waals surface area contributed by atoms with Crippen LogP contribution in [0, 0.1) is 11.3 Å². The molecule has 6 nitrogen and oxygen atoms in total. The minimum Gasteiger partial charge on any atom is -0.492 e. The second kappa shape index (κ2) is 11.6. The van der Waals surface area contributed by atoms with Crippen molar-refractivity contribution in [2.45, 2.75) is 13.0 Å². The molecule has 3 aromatic carbocycles. The first-order valence-electron chi connectivity index (χ1n) is 10.1. The van der Waals surface area contributed by atoms with Crippen molar-refractivity contribution in [2.75, 3.05) is 25.5 Å². The Hall–Kier alpha value is -3.69. The number of hydrogen-bond donors (Lipinski definition) is 1. The molecule has 0 aliphatic rings. The van der Waals surface area contributed by atoms with Gasteiger partial charge >= 0.3 is 6.03 Å². The van der Waals surface area contributed by atoms with Crippen LogP contribution in [0.15, 0.2) is 72.8 Å². The molecule has 0 aliphatic carbocycles. The molecule has 0 saturated heterocycles. The number of anilines is 1. The first-order valence-corrected chi connectivity index (χ1v) is 10.5. The van der Waals surface area contributed by atoms with E-state index in [9.17, 15) is 4.79 Å². The number of nitrogens with one attached hydrogen (secondary N) is 1. The molecular formula is C25H24ClN3O3. The average molecular weight is 450 g/mol. The molecule has 3 rings (SSSR count). The Morgan fingerprint density at radius 1 is 1.00 bits per heavy atom. The predicted octanol–water partition coefficient (Wildman–Crippen LogP) is 5.53. The van der Waals surface area contributed by atoms with Crippen LogP contribution in [0.3, 0.4) is 0 Å². The summed E-state index contributed by atoms with van der Waals surface area (Å²) in [5.41, 5.74) is 2.57. The Kier molecular flexibility index (Phi) is 8.36. The van der Waals surface area contributed by atoms with Gasteiger partial charge < -0.3 is 19.7 Å². The number of ether oxygens (including phenoxy) is 2. The molecule has 0 atom stereocenters. The molecule has 0 aliphatic heterocycles. The van der Waals surface area contributed by atoms with E-state index >= 15 is 0 Å². The third-order valence-electron chi connectivity index (χ3n) is 4.65. The van der Waals surface area contributed by atoms with Crippen LogP contribution < -0.4 is 14.8 Å². The molecule has 7 heteroatoms. The van der Waals surface area contributed by atoms with Crippen LogP contribution in [0.25, 0.3) is 0 Å². The molecule has 3 aromatic rings. The fourth-order valence-electron chi connectivity index (χ4n) is 2.85. The first kappa shape index (κ1) is 23.0. The van der Waals surface area contributed by atoms with E-state index in [0.717, 1.165) is 16.9 Å². The molecule has 0 bridgehead atoms. The van der Waals surface area contributed by atoms with Crippen LogP contribution in [0.1, 0.15) is 11.1 Å². The number of urea groups is 1. The highest BCUT2D eigenvalue weighted by molar-refractivity contribution is 6.30. The number of carbonyl (C=O) groups excluding carboxylic acids is 1. The molecule has 164 valence electrons. The number of amides is 2. The van der Waals surface area contributed by atoms with Crippen LogP contribution in [-0.4, -0.2) is 31.1 Å². The summed E-state index contributed by atoms with van der Waals surface area (Å²) in [5.74, 6) is 1.43. The quantitative estimate of drug-likeness (QED) is 0.466. The summed E-state index contributed by atoms with van der Waals surface area (Å²) < 4.78 is 11.4. The Bertz CT molecular complexity index is 1060. The van der Waals surface area contributed by atoms with Gasteiger partial charge in [0.05, 0.1) is 19.0 Å². The summed E-state index contributed by atoms with van der Waals surface area (Å²) in [5, 5.41) is 12.3. The maximum Gasteiger partial charge on any atom is 0.321 e. The molecule has 0 heterocycles. The van der Waals surface area contributed by atoms with Crippen molar-refractivity contribution in [3.8, 4) is 17.6 Å². The molecule has 0 spiro atoms. The van der Waals surface area contributed by atoms with Gasteiger partial charge in [0.25, 0.3) is 0 Å². The molecular weight excluding hydrogens is 426 g/mol. The van der Waals surface area contributed by atoms with Gasteiger partial charge in [-0.2, -0.15) is 5.26 Å². The number of carbonyl (C=O) groups is 1. The van der Waals surface area contributed by atoms with Crippen molar-refractivity contribution in [3.05, 3.63) is 88.9 Å². The highest BCUT2D eigenvalue weighted by Gasteiger charge is 2.09. The maximum absolute atomic E-state index is 12.5. The second-order valence-corrected chi connectivity index (χ2v) is 7.56. The largest absolute Gasteiger partial charge is 0.492 e. The van der Waals surface area contributed by atoms with Gasteiger partial charge in [0.1, 0.15) is 24.7 Å². The fraction of sp³-hybridized carbons (Fsp3) is 0.200. The Balaban J connectivity index is 1.46. The zero-order valence-electron chi connectivity index (χ0n) is 17.8. The topological polar surface area (TPSA) is 74.6 Å². The standard InChI is InChI=1S/C25H24ClN3O3/c1-29(15-16-31-23-11-7-21(26)8-12-23)25(30)28-22-4-2-3-20(17-22)18-32-24-9-5-19(6-10-24)13-14-27/h2-12,17H,13,15-16,18H2,1H3,(H,28,30). The van der Waals surface area contributed by atoms with Crippen molar-refractivity contribution in [2.24, 2.45) is 0 Å². The van der Waals surface area contributed by atoms with E-state index in [2.05, 4.69) is 11.4 Å². The minimum absolute atomic E-state index is 0.226. The van der Waals surface area contributed by atoms with Gasteiger partial charge in [0, 0.05) is 17.8 Å². The number of rotatable bonds is 9. The second-order valence-electron chi connectivity index (χ2n) is 7.12. The molecule has 0 saturated carbocycles. The fourth-order valence-corrected chi connectivity index (χ4v) is 2.98. The maximum atomic E-state index is 12.5. The van der Waals surface area contributed by atoms with Crippen molar-refractivity contribution < 1.29 is 14.3 Å². The zero-order valence-corrected chi connectivity index (χ0v) is 18.5. The van der Waals surface area contributed by atoms with E-state index in [4.69, 9.17) is 26.3 Å². The van der Waals surface area contributed by atoms with Crippen molar-refractivity contribution >= 4 is 23.3 Å². The van der Waals surface area contributed by atoms with Crippen LogP contribution in [0.5, 0.6) is 11.5 Å². The van der Waals surface area contributed by atoms with Crippen LogP contribution in [0.2, 0.25) is 5.02 Å². The molecule has 0 aromatic heterocycles. The highest BCUT2D eigenvalue weighted by Crippen LogP contribution is 2.17. The SMILES string of the molecule is CN(CCOc1ccc(Cl)cc1)C(=O)Nc1cccc(COc2ccc(CC#N)cc2)c1. The highest BCUT2D eigenvalue weighted by atomic mass is 35.5. The van der Waals surface area contributed by atoms with E-state index in [1.165, 1.54) is 0 Å². The number of likely N-dealkylation sites (N-methyl/N-ethyl adjacent to an activating group) is 1. The van der Waals surface area contributed by atoms with Crippen LogP contribution >= 0.6 is 11.6 Å². The normalized spacial score (nSPS) is 10.2. The van der Waals surface area contributed by atoms with Gasteiger partial charge in [-0.3, -0.25) is 0 Å². The first-order chi connectivity index (χ1) is 15.5. The summed E-state index contributed by atoms with van der Waals surface area (Å²) in [6, 6.07) is 23.9. The van der Waals surface area contributed by atoms with Gasteiger partial charge in [0.15, 0.2) is 0 Å². The summed E-state index contributed by atoms with van der Waals surface area (Å²) in [6.07, 6.45) is 0.379. The molecule has 2 amide bonds. The third kappa shape index (κ3) is 7.22. The van der Waals surface area contributed by atoms with Crippen molar-refractivity contribution in [1.29, 1.82) is 5.26 Å². The van der Waals surface area contributed by atoms with Gasteiger partial charge in [0.2, 0.25) is 0 Å². The smallest absolute Gasteiger partial charge is 0.321 e. The van der Waals surface area contributed by atoms with Gasteiger partial charge in [-0.25, -0.2) is 4.79 Å². The lowest BCUT2D eigenvalue weighted by molar-refractivity contribution is 0.207. The van der Waals surface area contributed by atoms with E-state index in [-0.39, 0.29) is 6.03 Å². The molecule has 1 N–H and O–H groups in total. The number of nitrogens with zero attached hydrogens (tertiary/aromatic N) is 2. The van der Waals surface area contributed by atoms with E-state index < -0.39 is 0 Å². The van der Waals surface area contributed by atoms with Gasteiger partial charge in [-0.1, -0.05) is 35.9 Å². The summed E-state index contributed by atoms with van der Waals surface area (Å²) in [4.78, 5) is 14.0. The Morgan fingerprint density at radius 3 is 2.41 bits per heavy atom. The monoisotopic (exact) mass is 449 g/mol. The number of halogens is 1. The molecule has 0 unspecified atom stereocenters. The van der Waals surface area contributed by atoms with Gasteiger partial charge in [-0.15, -0.1) is 0 Å². The number of hydrogen-bond acceptors (Lipinski definition) is 4. The summed E-state index contributed by atoms with van der Waals surface area (Å²) in [6.45, 7) is 1.16. The Morgan fingerprint density at radius 2 is 1.69 bits per heavy atom. The average Bonchev–Trinajstić information content (AvgIpc) is 2.80. The molecule has 0 radical (unpaired) electrons. The lowest BCUT2D eigenvalue weighted by atomic mass is 10.1. The predicted molar refractivity (Wildman–Crippen MR) is 125 cm³/mol. The lowest BCUT2D eigenvalue weighted by Gasteiger charge is -2.18. The minimum atomic E-state index is -0.226. The van der Waals surface area contributed by atoms with Crippen molar-refractivity contribution in [3.63, 3.8) is 0 Å². The zero-order chi connectivity index (χ0) is 22.8. The summed E-state index contributed by atoms with van der Waals surface area (Å²) >= 11 is 5.86. The van der Waals surface area contributed by atoms with Crippen LogP contribution in [-0.2, 0) is 13.0 Å². The lowest BCUT2D eigenvalue weighted by Crippen LogP contribution is -2.34.